The third-order valence-corrected chi connectivity index (χ3v) is 4.00. The Morgan fingerprint density at radius 1 is 1.32 bits per heavy atom. The van der Waals surface area contributed by atoms with Gasteiger partial charge in [-0.25, -0.2) is 4.79 Å². The van der Waals surface area contributed by atoms with Gasteiger partial charge in [0, 0.05) is 6.07 Å². The minimum absolute atomic E-state index is 0.366. The summed E-state index contributed by atoms with van der Waals surface area (Å²) >= 11 is 6.57. The number of ether oxygens (including phenoxy) is 1. The average Bonchev–Trinajstić information content (AvgIpc) is 2.75. The lowest BCUT2D eigenvalue weighted by atomic mass is 10.2. The summed E-state index contributed by atoms with van der Waals surface area (Å²) in [5.41, 5.74) is 1.21. The van der Waals surface area contributed by atoms with Gasteiger partial charge in [0.15, 0.2) is 4.67 Å². The lowest BCUT2D eigenvalue weighted by Crippen LogP contribution is -1.99. The van der Waals surface area contributed by atoms with Crippen LogP contribution in [0, 0.1) is 0 Å². The minimum atomic E-state index is -0.366. The molecule has 98 valence electrons. The minimum Gasteiger partial charge on any atom is -0.465 e. The van der Waals surface area contributed by atoms with Crippen LogP contribution in [0.2, 0.25) is 0 Å². The Kier molecular flexibility index (Phi) is 4.55. The number of rotatable bonds is 3. The number of aliphatic imine (C=N–C) groups is 1. The summed E-state index contributed by atoms with van der Waals surface area (Å²) < 4.78 is 11.4. The molecule has 0 aliphatic carbocycles. The lowest BCUT2D eigenvalue weighted by molar-refractivity contribution is 0.0601. The smallest absolute Gasteiger partial charge is 0.337 e. The largest absolute Gasteiger partial charge is 0.465 e. The first-order chi connectivity index (χ1) is 9.10. The van der Waals surface area contributed by atoms with Gasteiger partial charge < -0.3 is 9.15 Å². The van der Waals surface area contributed by atoms with E-state index in [0.29, 0.717) is 16.0 Å². The van der Waals surface area contributed by atoms with Gasteiger partial charge in [0.1, 0.15) is 5.76 Å². The van der Waals surface area contributed by atoms with Crippen LogP contribution in [-0.4, -0.2) is 19.3 Å². The second-order valence-electron chi connectivity index (χ2n) is 3.57. The summed E-state index contributed by atoms with van der Waals surface area (Å²) in [6, 6.07) is 8.58. The first-order valence-corrected chi connectivity index (χ1v) is 6.86. The molecule has 1 heterocycles. The van der Waals surface area contributed by atoms with Crippen molar-refractivity contribution >= 4 is 49.7 Å². The zero-order chi connectivity index (χ0) is 13.8. The fourth-order valence-corrected chi connectivity index (χ4v) is 1.97. The first kappa shape index (κ1) is 14.0. The number of benzene rings is 1. The number of methoxy groups -OCH3 is 1. The van der Waals surface area contributed by atoms with Crippen molar-refractivity contribution in [3.8, 4) is 0 Å². The molecular weight excluding hydrogens is 378 g/mol. The van der Waals surface area contributed by atoms with E-state index in [2.05, 4.69) is 41.6 Å². The van der Waals surface area contributed by atoms with Crippen LogP contribution in [0.3, 0.4) is 0 Å². The molecule has 0 N–H and O–H groups in total. The van der Waals surface area contributed by atoms with Crippen molar-refractivity contribution in [1.29, 1.82) is 0 Å². The Balaban J connectivity index is 2.13. The van der Waals surface area contributed by atoms with Crippen molar-refractivity contribution in [3.63, 3.8) is 0 Å². The monoisotopic (exact) mass is 385 g/mol. The number of nitrogens with zero attached hydrogens (tertiary/aromatic N) is 1. The maximum Gasteiger partial charge on any atom is 0.337 e. The van der Waals surface area contributed by atoms with Crippen molar-refractivity contribution in [2.75, 3.05) is 7.11 Å². The number of carbonyl (C=O) groups excluding carboxylic acids is 1. The summed E-state index contributed by atoms with van der Waals surface area (Å²) in [7, 11) is 1.35. The number of halogens is 2. The summed E-state index contributed by atoms with van der Waals surface area (Å²) in [6.07, 6.45) is 1.60. The molecule has 2 rings (SSSR count). The van der Waals surface area contributed by atoms with Crippen molar-refractivity contribution in [2.45, 2.75) is 0 Å². The molecule has 1 aromatic heterocycles. The molecule has 19 heavy (non-hydrogen) atoms. The normalized spacial score (nSPS) is 10.9. The predicted octanol–water partition coefficient (Wildman–Crippen LogP) is 4.34. The zero-order valence-corrected chi connectivity index (χ0v) is 13.1. The molecule has 0 saturated carbocycles. The first-order valence-electron chi connectivity index (χ1n) is 5.27. The van der Waals surface area contributed by atoms with Gasteiger partial charge in [0.05, 0.1) is 29.0 Å². The summed E-state index contributed by atoms with van der Waals surface area (Å²) in [4.78, 5) is 15.5. The fraction of sp³-hybridized carbons (Fsp3) is 0.0769. The topological polar surface area (TPSA) is 51.8 Å². The van der Waals surface area contributed by atoms with E-state index in [0.717, 1.165) is 10.2 Å². The van der Waals surface area contributed by atoms with Crippen molar-refractivity contribution in [2.24, 2.45) is 4.99 Å². The molecule has 4 nitrogen and oxygen atoms in total. The van der Waals surface area contributed by atoms with Gasteiger partial charge in [0.2, 0.25) is 0 Å². The number of esters is 1. The number of hydrogen-bond acceptors (Lipinski definition) is 4. The molecule has 0 amide bonds. The fourth-order valence-electron chi connectivity index (χ4n) is 1.37. The molecular formula is C13H9Br2NO3. The quantitative estimate of drug-likeness (QED) is 0.582. The van der Waals surface area contributed by atoms with Gasteiger partial charge in [-0.05, 0) is 56.1 Å². The molecule has 2 aromatic rings. The zero-order valence-electron chi connectivity index (χ0n) is 9.89. The van der Waals surface area contributed by atoms with Crippen molar-refractivity contribution < 1.29 is 13.9 Å². The molecule has 0 fully saturated rings. The highest BCUT2D eigenvalue weighted by Gasteiger charge is 2.05. The average molecular weight is 387 g/mol. The van der Waals surface area contributed by atoms with Crippen molar-refractivity contribution in [3.05, 3.63) is 50.8 Å². The van der Waals surface area contributed by atoms with E-state index in [1.165, 1.54) is 7.11 Å². The predicted molar refractivity (Wildman–Crippen MR) is 79.1 cm³/mol. The van der Waals surface area contributed by atoms with Crippen LogP contribution in [-0.2, 0) is 4.74 Å². The van der Waals surface area contributed by atoms with E-state index in [4.69, 9.17) is 4.42 Å². The molecule has 0 atom stereocenters. The van der Waals surface area contributed by atoms with Crippen LogP contribution in [0.5, 0.6) is 0 Å². The van der Waals surface area contributed by atoms with Crippen LogP contribution in [0.1, 0.15) is 16.1 Å². The molecule has 0 unspecified atom stereocenters. The number of carbonyl (C=O) groups is 1. The van der Waals surface area contributed by atoms with E-state index < -0.39 is 0 Å². The van der Waals surface area contributed by atoms with Crippen LogP contribution in [0.15, 0.2) is 48.9 Å². The second kappa shape index (κ2) is 6.16. The van der Waals surface area contributed by atoms with E-state index in [1.54, 1.807) is 36.5 Å². The Morgan fingerprint density at radius 3 is 2.53 bits per heavy atom. The summed E-state index contributed by atoms with van der Waals surface area (Å²) in [6.45, 7) is 0. The molecule has 0 spiro atoms. The third-order valence-electron chi connectivity index (χ3n) is 2.29. The number of hydrogen-bond donors (Lipinski definition) is 0. The van der Waals surface area contributed by atoms with E-state index >= 15 is 0 Å². The Morgan fingerprint density at radius 2 is 2.00 bits per heavy atom. The number of furan rings is 1. The summed E-state index contributed by atoms with van der Waals surface area (Å²) in [5, 5.41) is 0. The highest BCUT2D eigenvalue weighted by Crippen LogP contribution is 2.26. The maximum atomic E-state index is 11.3. The molecule has 1 aromatic carbocycles. The van der Waals surface area contributed by atoms with Crippen LogP contribution in [0.4, 0.5) is 5.69 Å². The van der Waals surface area contributed by atoms with Crippen LogP contribution < -0.4 is 0 Å². The van der Waals surface area contributed by atoms with Gasteiger partial charge in [-0.3, -0.25) is 4.99 Å². The van der Waals surface area contributed by atoms with Gasteiger partial charge >= 0.3 is 5.97 Å². The molecule has 0 aliphatic heterocycles. The van der Waals surface area contributed by atoms with E-state index in [-0.39, 0.29) is 5.97 Å². The second-order valence-corrected chi connectivity index (χ2v) is 5.14. The van der Waals surface area contributed by atoms with Gasteiger partial charge in [0.25, 0.3) is 0 Å². The maximum absolute atomic E-state index is 11.3. The van der Waals surface area contributed by atoms with Gasteiger partial charge in [-0.15, -0.1) is 0 Å². The molecule has 0 aliphatic rings. The molecule has 6 heteroatoms. The summed E-state index contributed by atoms with van der Waals surface area (Å²) in [5.74, 6) is 0.255. The standard InChI is InChI=1S/C13H9Br2NO3/c1-18-13(17)8-2-4-9(5-3-8)16-7-10-6-11(14)12(15)19-10/h2-7H,1H3. The Bertz CT molecular complexity index is 598. The molecule has 0 saturated heterocycles. The Labute approximate surface area is 126 Å². The van der Waals surface area contributed by atoms with Crippen LogP contribution >= 0.6 is 31.9 Å². The van der Waals surface area contributed by atoms with E-state index in [1.807, 2.05) is 0 Å². The molecule has 0 bridgehead atoms. The van der Waals surface area contributed by atoms with E-state index in [9.17, 15) is 4.79 Å². The lowest BCUT2D eigenvalue weighted by Gasteiger charge is -1.98. The Hall–Kier alpha value is -1.40. The van der Waals surface area contributed by atoms with Gasteiger partial charge in [-0.2, -0.15) is 0 Å². The van der Waals surface area contributed by atoms with Crippen molar-refractivity contribution in [1.82, 2.24) is 0 Å². The van der Waals surface area contributed by atoms with Gasteiger partial charge in [-0.1, -0.05) is 0 Å². The molecule has 0 radical (unpaired) electrons. The highest BCUT2D eigenvalue weighted by atomic mass is 79.9. The highest BCUT2D eigenvalue weighted by molar-refractivity contribution is 9.13. The third kappa shape index (κ3) is 3.54. The van der Waals surface area contributed by atoms with Crippen LogP contribution in [0.25, 0.3) is 0 Å². The SMILES string of the molecule is COC(=O)c1ccc(N=Cc2cc(Br)c(Br)o2)cc1.